The Bertz CT molecular complexity index is 1820. The van der Waals surface area contributed by atoms with Gasteiger partial charge in [-0.15, -0.1) is 0 Å². The van der Waals surface area contributed by atoms with Crippen molar-refractivity contribution in [2.75, 3.05) is 0 Å². The van der Waals surface area contributed by atoms with Gasteiger partial charge in [0.2, 0.25) is 0 Å². The number of ether oxygens (including phenoxy) is 1. The molecule has 0 atom stereocenters. The van der Waals surface area contributed by atoms with Gasteiger partial charge in [-0.1, -0.05) is 54.1 Å². The molecule has 0 spiro atoms. The van der Waals surface area contributed by atoms with E-state index in [1.165, 1.54) is 0 Å². The summed E-state index contributed by atoms with van der Waals surface area (Å²) in [4.78, 5) is -0.278. The Hall–Kier alpha value is -3.55. The largest absolute Gasteiger partial charge is 0.430 e. The summed E-state index contributed by atoms with van der Waals surface area (Å²) in [5, 5.41) is 0.528. The van der Waals surface area contributed by atoms with Crippen LogP contribution in [0.1, 0.15) is 41.5 Å². The fourth-order valence-corrected chi connectivity index (χ4v) is 8.57. The summed E-state index contributed by atoms with van der Waals surface area (Å²) < 4.78 is 159. The minimum atomic E-state index is -6.17. The van der Waals surface area contributed by atoms with Gasteiger partial charge >= 0.3 is 12.4 Å². The van der Waals surface area contributed by atoms with Crippen molar-refractivity contribution in [1.82, 2.24) is 0 Å². The molecule has 256 valence electrons. The molecule has 0 radical (unpaired) electrons. The molecule has 0 aromatic heterocycles. The summed E-state index contributed by atoms with van der Waals surface area (Å²) in [6, 6.07) is 15.7. The van der Waals surface area contributed by atoms with Crippen LogP contribution >= 0.6 is 11.6 Å². The molecule has 1 aliphatic carbocycles. The molecule has 3 nitrogen and oxygen atoms in total. The molecule has 0 amide bonds. The lowest BCUT2D eigenvalue weighted by Crippen LogP contribution is -2.56. The second-order valence-electron chi connectivity index (χ2n) is 11.6. The smallest absolute Gasteiger partial charge is 0.349 e. The molecule has 48 heavy (non-hydrogen) atoms. The molecule has 0 unspecified atom stereocenters. The number of halogens is 10. The van der Waals surface area contributed by atoms with E-state index in [-0.39, 0.29) is 29.2 Å². The van der Waals surface area contributed by atoms with Gasteiger partial charge in [0.1, 0.15) is 22.2 Å². The predicted octanol–water partition coefficient (Wildman–Crippen LogP) is 10.0. The molecule has 1 saturated carbocycles. The van der Waals surface area contributed by atoms with E-state index in [4.69, 9.17) is 11.6 Å². The molecule has 0 heterocycles. The molecular formula is C34H26ClF9O3S. The van der Waals surface area contributed by atoms with Gasteiger partial charge in [-0.05, 0) is 91.3 Å². The second kappa shape index (κ2) is 13.1. The maximum Gasteiger partial charge on any atom is 0.430 e. The van der Waals surface area contributed by atoms with E-state index >= 15 is 0 Å². The van der Waals surface area contributed by atoms with Crippen LogP contribution in [-0.4, -0.2) is 20.8 Å². The average molecular weight is 721 g/mol. The van der Waals surface area contributed by atoms with E-state index < -0.39 is 67.7 Å². The van der Waals surface area contributed by atoms with Gasteiger partial charge in [0.15, 0.2) is 9.84 Å². The Morgan fingerprint density at radius 3 is 1.81 bits per heavy atom. The molecule has 5 rings (SSSR count). The minimum absolute atomic E-state index is 0.0214. The highest BCUT2D eigenvalue weighted by Gasteiger charge is 2.73. The van der Waals surface area contributed by atoms with Gasteiger partial charge in [0.25, 0.3) is 5.60 Å². The quantitative estimate of drug-likeness (QED) is 0.121. The zero-order chi connectivity index (χ0) is 35.1. The maximum absolute atomic E-state index is 14.4. The van der Waals surface area contributed by atoms with Crippen LogP contribution in [0.25, 0.3) is 0 Å². The van der Waals surface area contributed by atoms with E-state index in [0.717, 1.165) is 48.0 Å². The number of rotatable bonds is 10. The van der Waals surface area contributed by atoms with Crippen molar-refractivity contribution >= 4 is 21.4 Å². The molecule has 4 aromatic rings. The molecule has 1 aliphatic rings. The maximum atomic E-state index is 14.4. The van der Waals surface area contributed by atoms with Crippen LogP contribution in [0, 0.1) is 23.4 Å². The first kappa shape index (κ1) is 35.7. The van der Waals surface area contributed by atoms with Crippen molar-refractivity contribution in [1.29, 1.82) is 0 Å². The minimum Gasteiger partial charge on any atom is -0.349 e. The van der Waals surface area contributed by atoms with Crippen LogP contribution in [0.3, 0.4) is 0 Å². The van der Waals surface area contributed by atoms with Crippen molar-refractivity contribution in [3.05, 3.63) is 136 Å². The normalized spacial score (nSPS) is 18.8. The third-order valence-electron chi connectivity index (χ3n) is 8.74. The van der Waals surface area contributed by atoms with Crippen LogP contribution in [0.2, 0.25) is 5.02 Å². The average Bonchev–Trinajstić information content (AvgIpc) is 2.98. The highest BCUT2D eigenvalue weighted by Crippen LogP contribution is 2.57. The van der Waals surface area contributed by atoms with Gasteiger partial charge in [-0.2, -0.15) is 26.3 Å². The van der Waals surface area contributed by atoms with E-state index in [9.17, 15) is 47.9 Å². The van der Waals surface area contributed by atoms with Crippen molar-refractivity contribution in [2.45, 2.75) is 59.9 Å². The fraction of sp³-hybridized carbons (Fsp3) is 0.294. The summed E-state index contributed by atoms with van der Waals surface area (Å²) in [5.41, 5.74) is -6.81. The number of sulfone groups is 1. The van der Waals surface area contributed by atoms with E-state index in [0.29, 0.717) is 42.1 Å². The summed E-state index contributed by atoms with van der Waals surface area (Å²) in [6.45, 7) is -1.72. The molecule has 0 saturated heterocycles. The summed E-state index contributed by atoms with van der Waals surface area (Å²) in [6.07, 6.45) is -11.3. The number of benzene rings is 4. The molecular weight excluding hydrogens is 695 g/mol. The highest BCUT2D eigenvalue weighted by molar-refractivity contribution is 7.92. The Kier molecular flexibility index (Phi) is 9.72. The molecule has 4 aromatic carbocycles. The predicted molar refractivity (Wildman–Crippen MR) is 159 cm³/mol. The molecule has 0 N–H and O–H groups in total. The summed E-state index contributed by atoms with van der Waals surface area (Å²) >= 11 is 5.93. The van der Waals surface area contributed by atoms with Gasteiger partial charge in [-0.25, -0.2) is 21.6 Å². The second-order valence-corrected chi connectivity index (χ2v) is 14.3. The van der Waals surface area contributed by atoms with E-state index in [1.54, 1.807) is 24.3 Å². The van der Waals surface area contributed by atoms with Gasteiger partial charge < -0.3 is 4.74 Å². The van der Waals surface area contributed by atoms with Crippen molar-refractivity contribution < 1.29 is 52.7 Å². The highest BCUT2D eigenvalue weighted by atomic mass is 35.5. The van der Waals surface area contributed by atoms with Crippen LogP contribution in [0.4, 0.5) is 39.5 Å². The number of alkyl halides is 6. The Morgan fingerprint density at radius 1 is 0.750 bits per heavy atom. The first-order valence-electron chi connectivity index (χ1n) is 14.5. The van der Waals surface area contributed by atoms with Gasteiger partial charge in [0, 0.05) is 16.1 Å². The number of hydrogen-bond donors (Lipinski definition) is 0. The lowest BCUT2D eigenvalue weighted by molar-refractivity contribution is -0.392. The van der Waals surface area contributed by atoms with Gasteiger partial charge in [-0.3, -0.25) is 0 Å². The lowest BCUT2D eigenvalue weighted by atomic mass is 9.68. The molecule has 0 bridgehead atoms. The first-order chi connectivity index (χ1) is 22.4. The fourth-order valence-electron chi connectivity index (χ4n) is 6.14. The third kappa shape index (κ3) is 6.44. The van der Waals surface area contributed by atoms with Crippen LogP contribution in [0.5, 0.6) is 0 Å². The Labute approximate surface area is 275 Å². The Balaban J connectivity index is 1.53. The van der Waals surface area contributed by atoms with Crippen molar-refractivity contribution in [3.8, 4) is 0 Å². The zero-order valence-corrected chi connectivity index (χ0v) is 26.3. The monoisotopic (exact) mass is 720 g/mol. The van der Waals surface area contributed by atoms with Crippen molar-refractivity contribution in [2.24, 2.45) is 5.92 Å². The van der Waals surface area contributed by atoms with Crippen LogP contribution in [0.15, 0.2) is 95.9 Å². The topological polar surface area (TPSA) is 43.4 Å². The van der Waals surface area contributed by atoms with Crippen molar-refractivity contribution in [3.63, 3.8) is 0 Å². The van der Waals surface area contributed by atoms with Gasteiger partial charge in [0.05, 0.1) is 11.5 Å². The summed E-state index contributed by atoms with van der Waals surface area (Å²) in [7, 11) is -4.36. The third-order valence-corrected chi connectivity index (χ3v) is 11.5. The molecule has 1 fully saturated rings. The lowest BCUT2D eigenvalue weighted by Gasteiger charge is -2.47. The molecule has 0 aliphatic heterocycles. The van der Waals surface area contributed by atoms with E-state index in [2.05, 4.69) is 4.74 Å². The zero-order valence-electron chi connectivity index (χ0n) is 24.7. The SMILES string of the molecule is O=S(=O)(c1ccc(F)cc1)C1(c2ccc(C(OCc3c(F)cccc3F)(C(F)(F)F)C(F)(F)F)cc2)CC(CCc2ccc(Cl)cc2)C1. The number of aryl methyl sites for hydroxylation is 1. The Morgan fingerprint density at radius 2 is 1.29 bits per heavy atom. The number of hydrogen-bond acceptors (Lipinski definition) is 3. The summed E-state index contributed by atoms with van der Waals surface area (Å²) in [5.74, 6) is -3.73. The standard InChI is InChI=1S/C34H26ClF9O3S/c35-25-12-6-21(7-13-25)4-5-22-18-31(19-22,48(45,46)27-16-14-26(36)15-17-27)23-8-10-24(11-9-23)32(33(39,40)41,34(42,43)44)47-20-28-29(37)2-1-3-30(28)38/h1-3,6-17,22H,4-5,18-20H2. The molecule has 14 heteroatoms. The van der Waals surface area contributed by atoms with E-state index in [1.807, 2.05) is 0 Å². The first-order valence-corrected chi connectivity index (χ1v) is 16.3. The van der Waals surface area contributed by atoms with Crippen LogP contribution in [-0.2, 0) is 37.9 Å². The van der Waals surface area contributed by atoms with Crippen LogP contribution < -0.4 is 0 Å².